The van der Waals surface area contributed by atoms with Crippen LogP contribution in [-0.2, 0) is 0 Å². The second-order valence-corrected chi connectivity index (χ2v) is 11.5. The zero-order valence-electron chi connectivity index (χ0n) is 20.8. The summed E-state index contributed by atoms with van der Waals surface area (Å²) in [6.07, 6.45) is 15.3. The van der Waals surface area contributed by atoms with Gasteiger partial charge < -0.3 is 0 Å². The van der Waals surface area contributed by atoms with Crippen molar-refractivity contribution in [2.24, 2.45) is 29.6 Å². The molecule has 0 spiro atoms. The van der Waals surface area contributed by atoms with Gasteiger partial charge in [0.1, 0.15) is 5.82 Å². The van der Waals surface area contributed by atoms with Crippen LogP contribution in [0.2, 0.25) is 0 Å². The standard InChI is InChI=1S/C30H42F4/c1-2-3-21-4-6-22(7-5-21)23-8-10-24(11-9-23)25-12-14-26(15-13-25)28-17-16-27(29(31)20-28)18-19-30(32,33)34/h16-26H,2-15H2,1H3/b19-18+. The van der Waals surface area contributed by atoms with Crippen LogP contribution in [-0.4, -0.2) is 6.18 Å². The Morgan fingerprint density at radius 1 is 0.765 bits per heavy atom. The number of benzene rings is 1. The smallest absolute Gasteiger partial charge is 0.206 e. The predicted octanol–water partition coefficient (Wildman–Crippen LogP) is 10.1. The van der Waals surface area contributed by atoms with E-state index in [9.17, 15) is 17.6 Å². The Balaban J connectivity index is 1.22. The zero-order chi connectivity index (χ0) is 24.1. The third-order valence-corrected chi connectivity index (χ3v) is 9.46. The molecule has 34 heavy (non-hydrogen) atoms. The Bertz CT molecular complexity index is 787. The second kappa shape index (κ2) is 11.6. The summed E-state index contributed by atoms with van der Waals surface area (Å²) < 4.78 is 51.5. The largest absolute Gasteiger partial charge is 0.409 e. The summed E-state index contributed by atoms with van der Waals surface area (Å²) in [6.45, 7) is 2.31. The van der Waals surface area contributed by atoms with Gasteiger partial charge in [-0.25, -0.2) is 4.39 Å². The van der Waals surface area contributed by atoms with Gasteiger partial charge >= 0.3 is 6.18 Å². The number of allylic oxidation sites excluding steroid dienone is 1. The molecule has 0 amide bonds. The molecule has 3 fully saturated rings. The molecular weight excluding hydrogens is 436 g/mol. The fraction of sp³-hybridized carbons (Fsp3) is 0.733. The van der Waals surface area contributed by atoms with E-state index in [0.717, 1.165) is 54.1 Å². The summed E-state index contributed by atoms with van der Waals surface area (Å²) in [4.78, 5) is 0. The number of alkyl halides is 3. The number of hydrogen-bond donors (Lipinski definition) is 0. The first kappa shape index (κ1) is 25.8. The molecule has 190 valence electrons. The van der Waals surface area contributed by atoms with Gasteiger partial charge in [0.15, 0.2) is 0 Å². The maximum atomic E-state index is 14.4. The van der Waals surface area contributed by atoms with Crippen molar-refractivity contribution >= 4 is 6.08 Å². The number of hydrogen-bond acceptors (Lipinski definition) is 0. The van der Waals surface area contributed by atoms with E-state index < -0.39 is 12.0 Å². The highest BCUT2D eigenvalue weighted by molar-refractivity contribution is 5.51. The summed E-state index contributed by atoms with van der Waals surface area (Å²) in [5.74, 6) is 4.38. The average Bonchev–Trinajstić information content (AvgIpc) is 2.84. The Kier molecular flexibility index (Phi) is 8.80. The topological polar surface area (TPSA) is 0 Å². The third-order valence-electron chi connectivity index (χ3n) is 9.46. The van der Waals surface area contributed by atoms with Crippen molar-refractivity contribution < 1.29 is 17.6 Å². The van der Waals surface area contributed by atoms with Crippen molar-refractivity contribution in [1.82, 2.24) is 0 Å². The highest BCUT2D eigenvalue weighted by Gasteiger charge is 2.35. The van der Waals surface area contributed by atoms with Gasteiger partial charge in [0.25, 0.3) is 0 Å². The molecule has 0 radical (unpaired) electrons. The Morgan fingerprint density at radius 3 is 1.74 bits per heavy atom. The molecule has 4 rings (SSSR count). The monoisotopic (exact) mass is 478 g/mol. The lowest BCUT2D eigenvalue weighted by molar-refractivity contribution is -0.0790. The normalized spacial score (nSPS) is 33.3. The van der Waals surface area contributed by atoms with Crippen LogP contribution >= 0.6 is 0 Å². The summed E-state index contributed by atoms with van der Waals surface area (Å²) in [7, 11) is 0. The molecule has 0 nitrogen and oxygen atoms in total. The second-order valence-electron chi connectivity index (χ2n) is 11.5. The third kappa shape index (κ3) is 6.88. The van der Waals surface area contributed by atoms with E-state index in [1.807, 2.05) is 6.07 Å². The van der Waals surface area contributed by atoms with Crippen LogP contribution in [0, 0.1) is 35.4 Å². The van der Waals surface area contributed by atoms with Crippen molar-refractivity contribution in [2.45, 2.75) is 109 Å². The van der Waals surface area contributed by atoms with Crippen molar-refractivity contribution in [2.75, 3.05) is 0 Å². The van der Waals surface area contributed by atoms with Gasteiger partial charge in [-0.15, -0.1) is 0 Å². The maximum Gasteiger partial charge on any atom is 0.409 e. The van der Waals surface area contributed by atoms with Crippen molar-refractivity contribution in [3.05, 3.63) is 41.2 Å². The van der Waals surface area contributed by atoms with E-state index in [-0.39, 0.29) is 11.6 Å². The van der Waals surface area contributed by atoms with Gasteiger partial charge in [-0.1, -0.05) is 44.7 Å². The van der Waals surface area contributed by atoms with Crippen LogP contribution in [0.3, 0.4) is 0 Å². The Hall–Kier alpha value is -1.32. The van der Waals surface area contributed by atoms with Gasteiger partial charge in [-0.2, -0.15) is 13.2 Å². The molecule has 0 unspecified atom stereocenters. The van der Waals surface area contributed by atoms with Crippen LogP contribution in [0.4, 0.5) is 17.6 Å². The molecule has 0 aromatic heterocycles. The van der Waals surface area contributed by atoms with E-state index in [2.05, 4.69) is 6.92 Å². The molecule has 1 aromatic rings. The van der Waals surface area contributed by atoms with E-state index in [4.69, 9.17) is 0 Å². The van der Waals surface area contributed by atoms with Crippen LogP contribution in [0.15, 0.2) is 24.3 Å². The highest BCUT2D eigenvalue weighted by Crippen LogP contribution is 2.47. The quantitative estimate of drug-likeness (QED) is 0.357. The molecule has 0 heterocycles. The summed E-state index contributed by atoms with van der Waals surface area (Å²) >= 11 is 0. The fourth-order valence-electron chi connectivity index (χ4n) is 7.49. The molecule has 1 aromatic carbocycles. The first-order valence-electron chi connectivity index (χ1n) is 13.9. The lowest BCUT2D eigenvalue weighted by Gasteiger charge is -2.41. The molecule has 3 aliphatic rings. The van der Waals surface area contributed by atoms with Gasteiger partial charge in [0, 0.05) is 11.6 Å². The molecule has 3 aliphatic carbocycles. The molecule has 0 N–H and O–H groups in total. The van der Waals surface area contributed by atoms with Crippen LogP contribution in [0.25, 0.3) is 6.08 Å². The molecule has 0 aliphatic heterocycles. The van der Waals surface area contributed by atoms with Gasteiger partial charge in [0.2, 0.25) is 0 Å². The fourth-order valence-corrected chi connectivity index (χ4v) is 7.49. The number of halogens is 4. The first-order chi connectivity index (χ1) is 16.3. The highest BCUT2D eigenvalue weighted by atomic mass is 19.4. The minimum absolute atomic E-state index is 0.00497. The summed E-state index contributed by atoms with van der Waals surface area (Å²) in [5.41, 5.74) is 0.952. The zero-order valence-corrected chi connectivity index (χ0v) is 20.8. The van der Waals surface area contributed by atoms with Gasteiger partial charge in [-0.3, -0.25) is 0 Å². The Morgan fingerprint density at radius 2 is 1.26 bits per heavy atom. The van der Waals surface area contributed by atoms with Crippen molar-refractivity contribution in [3.63, 3.8) is 0 Å². The van der Waals surface area contributed by atoms with Crippen molar-refractivity contribution in [1.29, 1.82) is 0 Å². The molecule has 4 heteroatoms. The number of rotatable bonds is 6. The minimum Gasteiger partial charge on any atom is -0.206 e. The van der Waals surface area contributed by atoms with E-state index >= 15 is 0 Å². The van der Waals surface area contributed by atoms with E-state index in [1.54, 1.807) is 0 Å². The lowest BCUT2D eigenvalue weighted by Crippen LogP contribution is -2.29. The van der Waals surface area contributed by atoms with E-state index in [0.29, 0.717) is 5.92 Å². The molecule has 0 atom stereocenters. The SMILES string of the molecule is CCCC1CCC(C2CCC(C3CCC(c4ccc(/C=C/C(F)(F)F)c(F)c4)CC3)CC2)CC1. The van der Waals surface area contributed by atoms with Crippen LogP contribution in [0.1, 0.15) is 114 Å². The van der Waals surface area contributed by atoms with Crippen molar-refractivity contribution in [3.8, 4) is 0 Å². The first-order valence-corrected chi connectivity index (χ1v) is 13.9. The molecule has 0 bridgehead atoms. The molecule has 0 saturated heterocycles. The Labute approximate surface area is 203 Å². The lowest BCUT2D eigenvalue weighted by atomic mass is 9.64. The van der Waals surface area contributed by atoms with E-state index in [1.165, 1.54) is 89.2 Å². The maximum absolute atomic E-state index is 14.4. The summed E-state index contributed by atoms with van der Waals surface area (Å²) in [6, 6.07) is 4.78. The van der Waals surface area contributed by atoms with Crippen LogP contribution in [0.5, 0.6) is 0 Å². The molecule has 3 saturated carbocycles. The predicted molar refractivity (Wildman–Crippen MR) is 132 cm³/mol. The summed E-state index contributed by atoms with van der Waals surface area (Å²) in [5, 5.41) is 0. The molecular formula is C30H42F4. The van der Waals surface area contributed by atoms with Crippen LogP contribution < -0.4 is 0 Å². The van der Waals surface area contributed by atoms with Gasteiger partial charge in [-0.05, 0) is 117 Å². The average molecular weight is 479 g/mol. The van der Waals surface area contributed by atoms with Gasteiger partial charge in [0.05, 0.1) is 0 Å². The minimum atomic E-state index is -4.42.